The molecule has 0 unspecified atom stereocenters. The predicted octanol–water partition coefficient (Wildman–Crippen LogP) is 2.62. The molecule has 1 heterocycles. The molecule has 0 aliphatic rings. The Hall–Kier alpha value is -1.13. The van der Waals surface area contributed by atoms with Gasteiger partial charge in [-0.25, -0.2) is 9.97 Å². The number of hydrogen-bond acceptors (Lipinski definition) is 2. The van der Waals surface area contributed by atoms with Gasteiger partial charge in [-0.3, -0.25) is 0 Å². The zero-order chi connectivity index (χ0) is 10.1. The van der Waals surface area contributed by atoms with Crippen molar-refractivity contribution in [2.45, 2.75) is 25.9 Å². The van der Waals surface area contributed by atoms with Crippen LogP contribution in [0.4, 0.5) is 13.2 Å². The zero-order valence-corrected chi connectivity index (χ0v) is 7.26. The molecule has 0 aliphatic heterocycles. The predicted molar refractivity (Wildman–Crippen MR) is 41.1 cm³/mol. The average molecular weight is 190 g/mol. The lowest BCUT2D eigenvalue weighted by Crippen LogP contribution is -2.12. The summed E-state index contributed by atoms with van der Waals surface area (Å²) in [6.45, 7) is 3.33. The van der Waals surface area contributed by atoms with Crippen LogP contribution >= 0.6 is 0 Å². The van der Waals surface area contributed by atoms with E-state index in [2.05, 4.69) is 9.97 Å². The van der Waals surface area contributed by atoms with Crippen LogP contribution in [0.25, 0.3) is 0 Å². The van der Waals surface area contributed by atoms with E-state index in [4.69, 9.17) is 0 Å². The van der Waals surface area contributed by atoms with Crippen molar-refractivity contribution in [3.63, 3.8) is 0 Å². The lowest BCUT2D eigenvalue weighted by atomic mass is 10.1. The highest BCUT2D eigenvalue weighted by atomic mass is 19.4. The van der Waals surface area contributed by atoms with Gasteiger partial charge in [-0.2, -0.15) is 13.2 Å². The molecule has 5 heteroatoms. The van der Waals surface area contributed by atoms with Gasteiger partial charge in [0.05, 0.1) is 11.3 Å². The van der Waals surface area contributed by atoms with Crippen LogP contribution in [0.5, 0.6) is 0 Å². The average Bonchev–Trinajstić information content (AvgIpc) is 2.03. The Labute approximate surface area is 73.8 Å². The Morgan fingerprint density at radius 2 is 1.92 bits per heavy atom. The third-order valence-corrected chi connectivity index (χ3v) is 1.60. The normalized spacial score (nSPS) is 12.2. The summed E-state index contributed by atoms with van der Waals surface area (Å²) in [5.74, 6) is -0.250. The quantitative estimate of drug-likeness (QED) is 0.680. The highest BCUT2D eigenvalue weighted by Gasteiger charge is 2.34. The molecule has 0 bridgehead atoms. The van der Waals surface area contributed by atoms with E-state index < -0.39 is 11.7 Å². The lowest BCUT2D eigenvalue weighted by molar-refractivity contribution is -0.138. The second kappa shape index (κ2) is 3.32. The largest absolute Gasteiger partial charge is 0.419 e. The molecule has 0 radical (unpaired) electrons. The van der Waals surface area contributed by atoms with E-state index >= 15 is 0 Å². The first-order valence-electron chi connectivity index (χ1n) is 3.80. The van der Waals surface area contributed by atoms with E-state index in [1.54, 1.807) is 13.8 Å². The summed E-state index contributed by atoms with van der Waals surface area (Å²) in [5, 5.41) is 0. The standard InChI is InChI=1S/C8H9F3N2/c1-5(2)7-6(8(9,10)11)3-12-4-13-7/h3-5H,1-2H3. The first-order valence-corrected chi connectivity index (χ1v) is 3.80. The van der Waals surface area contributed by atoms with Gasteiger partial charge in [0, 0.05) is 6.20 Å². The second-order valence-electron chi connectivity index (χ2n) is 2.97. The molecular formula is C8H9F3N2. The Bertz CT molecular complexity index is 294. The highest BCUT2D eigenvalue weighted by Crippen LogP contribution is 2.32. The maximum Gasteiger partial charge on any atom is 0.419 e. The van der Waals surface area contributed by atoms with E-state index in [9.17, 15) is 13.2 Å². The van der Waals surface area contributed by atoms with Crippen LogP contribution in [-0.2, 0) is 6.18 Å². The number of alkyl halides is 3. The summed E-state index contributed by atoms with van der Waals surface area (Å²) in [5.41, 5.74) is -0.701. The lowest BCUT2D eigenvalue weighted by Gasteiger charge is -2.12. The summed E-state index contributed by atoms with van der Waals surface area (Å²) in [6, 6.07) is 0. The first-order chi connectivity index (χ1) is 5.93. The van der Waals surface area contributed by atoms with Gasteiger partial charge in [0.15, 0.2) is 0 Å². The minimum Gasteiger partial charge on any atom is -0.244 e. The number of halogens is 3. The number of rotatable bonds is 1. The Morgan fingerprint density at radius 3 is 2.31 bits per heavy atom. The van der Waals surface area contributed by atoms with Gasteiger partial charge < -0.3 is 0 Å². The van der Waals surface area contributed by atoms with Crippen LogP contribution in [0, 0.1) is 0 Å². The van der Waals surface area contributed by atoms with Gasteiger partial charge in [0.1, 0.15) is 6.33 Å². The van der Waals surface area contributed by atoms with Crippen LogP contribution in [0.2, 0.25) is 0 Å². The fourth-order valence-electron chi connectivity index (χ4n) is 1.02. The van der Waals surface area contributed by atoms with Crippen LogP contribution in [0.15, 0.2) is 12.5 Å². The highest BCUT2D eigenvalue weighted by molar-refractivity contribution is 5.22. The number of hydrogen-bond donors (Lipinski definition) is 0. The Kier molecular flexibility index (Phi) is 2.54. The Morgan fingerprint density at radius 1 is 1.31 bits per heavy atom. The molecule has 0 spiro atoms. The molecule has 0 atom stereocenters. The SMILES string of the molecule is CC(C)c1ncncc1C(F)(F)F. The van der Waals surface area contributed by atoms with E-state index in [1.807, 2.05) is 0 Å². The summed E-state index contributed by atoms with van der Waals surface area (Å²) in [7, 11) is 0. The maximum absolute atomic E-state index is 12.3. The summed E-state index contributed by atoms with van der Waals surface area (Å²) < 4.78 is 37.0. The van der Waals surface area contributed by atoms with Crippen LogP contribution in [-0.4, -0.2) is 9.97 Å². The van der Waals surface area contributed by atoms with Crippen molar-refractivity contribution >= 4 is 0 Å². The van der Waals surface area contributed by atoms with Crippen LogP contribution in [0.3, 0.4) is 0 Å². The zero-order valence-electron chi connectivity index (χ0n) is 7.26. The van der Waals surface area contributed by atoms with Crippen molar-refractivity contribution < 1.29 is 13.2 Å². The minimum atomic E-state index is -4.36. The smallest absolute Gasteiger partial charge is 0.244 e. The molecule has 13 heavy (non-hydrogen) atoms. The van der Waals surface area contributed by atoms with Crippen LogP contribution < -0.4 is 0 Å². The van der Waals surface area contributed by atoms with Crippen molar-refractivity contribution in [2.75, 3.05) is 0 Å². The number of nitrogens with zero attached hydrogens (tertiary/aromatic N) is 2. The summed E-state index contributed by atoms with van der Waals surface area (Å²) in [6.07, 6.45) is -2.42. The molecule has 0 fully saturated rings. The molecule has 0 N–H and O–H groups in total. The molecular weight excluding hydrogens is 181 g/mol. The van der Waals surface area contributed by atoms with Gasteiger partial charge in [-0.05, 0) is 5.92 Å². The second-order valence-corrected chi connectivity index (χ2v) is 2.97. The summed E-state index contributed by atoms with van der Waals surface area (Å²) >= 11 is 0. The van der Waals surface area contributed by atoms with E-state index in [1.165, 1.54) is 0 Å². The number of aromatic nitrogens is 2. The molecule has 1 aromatic heterocycles. The fraction of sp³-hybridized carbons (Fsp3) is 0.500. The molecule has 0 saturated heterocycles. The van der Waals surface area contributed by atoms with E-state index in [-0.39, 0.29) is 11.6 Å². The first kappa shape index (κ1) is 9.95. The topological polar surface area (TPSA) is 25.8 Å². The monoisotopic (exact) mass is 190 g/mol. The minimum absolute atomic E-state index is 0.0440. The van der Waals surface area contributed by atoms with Gasteiger partial charge in [-0.1, -0.05) is 13.8 Å². The van der Waals surface area contributed by atoms with Crippen molar-refractivity contribution in [1.29, 1.82) is 0 Å². The summed E-state index contributed by atoms with van der Waals surface area (Å²) in [4.78, 5) is 6.98. The molecule has 0 aliphatic carbocycles. The van der Waals surface area contributed by atoms with Gasteiger partial charge in [0.2, 0.25) is 0 Å². The third kappa shape index (κ3) is 2.17. The van der Waals surface area contributed by atoms with E-state index in [0.29, 0.717) is 0 Å². The molecule has 0 saturated carbocycles. The van der Waals surface area contributed by atoms with E-state index in [0.717, 1.165) is 12.5 Å². The van der Waals surface area contributed by atoms with Crippen molar-refractivity contribution in [3.05, 3.63) is 23.8 Å². The van der Waals surface area contributed by atoms with Crippen LogP contribution in [0.1, 0.15) is 31.0 Å². The van der Waals surface area contributed by atoms with Crippen molar-refractivity contribution in [2.24, 2.45) is 0 Å². The molecule has 2 nitrogen and oxygen atoms in total. The molecule has 1 rings (SSSR count). The van der Waals surface area contributed by atoms with Crippen molar-refractivity contribution in [1.82, 2.24) is 9.97 Å². The van der Waals surface area contributed by atoms with Gasteiger partial charge in [0.25, 0.3) is 0 Å². The molecule has 0 aromatic carbocycles. The Balaban J connectivity index is 3.20. The van der Waals surface area contributed by atoms with Gasteiger partial charge in [-0.15, -0.1) is 0 Å². The third-order valence-electron chi connectivity index (χ3n) is 1.60. The fourth-order valence-corrected chi connectivity index (χ4v) is 1.02. The molecule has 72 valence electrons. The van der Waals surface area contributed by atoms with Crippen molar-refractivity contribution in [3.8, 4) is 0 Å². The van der Waals surface area contributed by atoms with Gasteiger partial charge >= 0.3 is 6.18 Å². The molecule has 0 amide bonds. The molecule has 1 aromatic rings. The maximum atomic E-state index is 12.3.